The van der Waals surface area contributed by atoms with Gasteiger partial charge in [0.25, 0.3) is 0 Å². The lowest BCUT2D eigenvalue weighted by Crippen LogP contribution is -2.60. The second kappa shape index (κ2) is 38.7. The van der Waals surface area contributed by atoms with E-state index in [1.807, 2.05) is 34.6 Å². The summed E-state index contributed by atoms with van der Waals surface area (Å²) in [4.78, 5) is 188. The highest BCUT2D eigenvalue weighted by Gasteiger charge is 2.43. The standard InChI is InChI=1S/C71H121IN12O12/c1-16-47(7)63-71(96)79(11)42-61(87)77(9)43-62(88)81(13)57(39-50-30-28-46(6)29-31-50)69(94)78(10)41-59(85)74-53(37-51-26-23-27-52(72)36-51)64(89)73-48(8)67(92)82(14)56(38-49-24-19-17-20-25-49)65(90)75-54(34-44(2)3)68(93)83(15)58(70(95)84-32-21-18-22-33-84)40-60(86)80(12)55(35-45(4)5)66(91)76-63/h44-58,63H,16-43H2,1-15H3,(H,73,89)(H,74,85)(H,75,90)(H,76,91)/t46?,47-,48-,50?,51?,52?,53-,54-,55-,56-,57-,58-,63-/m0/s1. The molecule has 0 radical (unpaired) electrons. The van der Waals surface area contributed by atoms with Crippen molar-refractivity contribution in [1.82, 2.24) is 60.5 Å². The lowest BCUT2D eigenvalue weighted by atomic mass is 9.79. The minimum absolute atomic E-state index is 0.0549. The van der Waals surface area contributed by atoms with E-state index < -0.39 is 151 Å². The molecule has 3 aliphatic carbocycles. The van der Waals surface area contributed by atoms with Crippen LogP contribution < -0.4 is 21.3 Å². The average Bonchev–Trinajstić information content (AvgIpc) is 0.845. The number of amides is 12. The van der Waals surface area contributed by atoms with E-state index in [4.69, 9.17) is 0 Å². The average molecular weight is 1460 g/mol. The van der Waals surface area contributed by atoms with Crippen molar-refractivity contribution in [2.75, 3.05) is 82.1 Å². The maximum atomic E-state index is 15.3. The maximum absolute atomic E-state index is 15.3. The summed E-state index contributed by atoms with van der Waals surface area (Å²) >= 11 is 2.42. The van der Waals surface area contributed by atoms with E-state index in [9.17, 15) is 47.9 Å². The SMILES string of the molecule is CC[C@H](C)[C@@H]1NC(=O)[C@H](CC(C)C)N(C)C(=O)C[C@@H](C(=O)N2CCCCC2)N(C)C(=O)[C@H](CC(C)C)NC(=O)[C@H](CC2CCCCC2)N(C)C(=O)[C@H](C)NC(=O)[C@H](CC2CCCC(I)C2)NC(=O)CN(C)C(=O)[C@H](CC2CCC(C)CC2)N(C)C(=O)CN(C)C(=O)CN(C)C1=O. The molecule has 0 aromatic rings. The van der Waals surface area contributed by atoms with Gasteiger partial charge in [-0.1, -0.05) is 148 Å². The van der Waals surface area contributed by atoms with Crippen molar-refractivity contribution in [3.05, 3.63) is 0 Å². The van der Waals surface area contributed by atoms with E-state index in [-0.39, 0.29) is 55.3 Å². The van der Waals surface area contributed by atoms with Crippen molar-refractivity contribution in [2.24, 2.45) is 41.4 Å². The van der Waals surface area contributed by atoms with Gasteiger partial charge in [0.05, 0.1) is 26.1 Å². The molecule has 24 nitrogen and oxygen atoms in total. The zero-order chi connectivity index (χ0) is 71.4. The molecule has 5 aliphatic rings. The second-order valence-electron chi connectivity index (χ2n) is 30.2. The molecular formula is C71H121IN12O12. The normalized spacial score (nSPS) is 30.2. The fourth-order valence-corrected chi connectivity index (χ4v) is 15.9. The van der Waals surface area contributed by atoms with Crippen molar-refractivity contribution in [3.63, 3.8) is 0 Å². The van der Waals surface area contributed by atoms with Crippen LogP contribution >= 0.6 is 22.6 Å². The van der Waals surface area contributed by atoms with E-state index in [1.54, 1.807) is 11.8 Å². The third-order valence-corrected chi connectivity index (χ3v) is 22.4. The summed E-state index contributed by atoms with van der Waals surface area (Å²) in [6.45, 7) is 14.3. The Morgan fingerprint density at radius 2 is 1.03 bits per heavy atom. The van der Waals surface area contributed by atoms with Gasteiger partial charge in [0.1, 0.15) is 48.3 Å². The fourth-order valence-electron chi connectivity index (χ4n) is 14.7. The molecule has 2 unspecified atom stereocenters. The summed E-state index contributed by atoms with van der Waals surface area (Å²) in [6.07, 6.45) is 15.1. The number of carbonyl (C=O) groups is 12. The molecular weight excluding hydrogens is 1340 g/mol. The van der Waals surface area contributed by atoms with E-state index in [1.165, 1.54) is 90.6 Å². The number of rotatable bonds is 13. The number of alkyl halides is 1. The quantitative estimate of drug-likeness (QED) is 0.127. The van der Waals surface area contributed by atoms with E-state index in [2.05, 4.69) is 50.8 Å². The molecule has 2 aliphatic heterocycles. The first kappa shape index (κ1) is 81.0. The highest BCUT2D eigenvalue weighted by Crippen LogP contribution is 2.35. The summed E-state index contributed by atoms with van der Waals surface area (Å²) < 4.78 is 0.355. The highest BCUT2D eigenvalue weighted by molar-refractivity contribution is 14.1. The molecule has 2 heterocycles. The second-order valence-corrected chi connectivity index (χ2v) is 32.0. The number of likely N-dealkylation sites (N-methyl/N-ethyl adjacent to an activating group) is 7. The number of carbonyl (C=O) groups excluding carboxylic acids is 12. The zero-order valence-corrected chi connectivity index (χ0v) is 63.0. The van der Waals surface area contributed by atoms with Crippen LogP contribution in [-0.2, 0) is 57.5 Å². The number of halogens is 1. The van der Waals surface area contributed by atoms with Gasteiger partial charge in [-0.15, -0.1) is 0 Å². The maximum Gasteiger partial charge on any atom is 0.245 e. The largest absolute Gasteiger partial charge is 0.343 e. The summed E-state index contributed by atoms with van der Waals surface area (Å²) in [5.74, 6) is -7.09. The first-order valence-electron chi connectivity index (χ1n) is 36.1. The number of hydrogen-bond donors (Lipinski definition) is 4. The summed E-state index contributed by atoms with van der Waals surface area (Å²) in [7, 11) is 10.3. The molecule has 96 heavy (non-hydrogen) atoms. The van der Waals surface area contributed by atoms with E-state index in [0.29, 0.717) is 35.8 Å². The Labute approximate surface area is 587 Å². The molecule has 11 atom stereocenters. The number of piperidine rings is 1. The van der Waals surface area contributed by atoms with Crippen LogP contribution in [0.2, 0.25) is 0 Å². The third kappa shape index (κ3) is 23.8. The minimum atomic E-state index is -1.37. The highest BCUT2D eigenvalue weighted by atomic mass is 127. The Hall–Kier alpha value is -5.63. The van der Waals surface area contributed by atoms with Crippen molar-refractivity contribution >= 4 is 93.5 Å². The molecule has 5 fully saturated rings. The molecule has 5 rings (SSSR count). The van der Waals surface area contributed by atoms with Crippen LogP contribution in [0.15, 0.2) is 0 Å². The van der Waals surface area contributed by atoms with E-state index >= 15 is 9.59 Å². The van der Waals surface area contributed by atoms with E-state index in [0.717, 1.165) is 103 Å². The predicted octanol–water partition coefficient (Wildman–Crippen LogP) is 5.75. The number of nitrogens with zero attached hydrogens (tertiary/aromatic N) is 8. The smallest absolute Gasteiger partial charge is 0.245 e. The molecule has 12 amide bonds. The Bertz CT molecular complexity index is 2660. The van der Waals surface area contributed by atoms with Crippen LogP contribution in [0.1, 0.15) is 203 Å². The van der Waals surface area contributed by atoms with Crippen LogP contribution in [0, 0.1) is 41.4 Å². The van der Waals surface area contributed by atoms with Crippen LogP contribution in [0.4, 0.5) is 0 Å². The van der Waals surface area contributed by atoms with Crippen molar-refractivity contribution in [2.45, 2.75) is 255 Å². The molecule has 544 valence electrons. The summed E-state index contributed by atoms with van der Waals surface area (Å²) in [6, 6.07) is -9.35. The number of nitrogens with one attached hydrogen (secondary N) is 4. The Morgan fingerprint density at radius 1 is 0.479 bits per heavy atom. The third-order valence-electron chi connectivity index (χ3n) is 21.3. The van der Waals surface area contributed by atoms with Gasteiger partial charge in [-0.2, -0.15) is 0 Å². The first-order chi connectivity index (χ1) is 45.2. The van der Waals surface area contributed by atoms with Crippen molar-refractivity contribution in [1.29, 1.82) is 0 Å². The Balaban J connectivity index is 1.60. The van der Waals surface area contributed by atoms with Crippen LogP contribution in [-0.4, -0.2) is 244 Å². The Kier molecular flexibility index (Phi) is 32.6. The lowest BCUT2D eigenvalue weighted by Gasteiger charge is -2.38. The number of hydrogen-bond acceptors (Lipinski definition) is 12. The van der Waals surface area contributed by atoms with Crippen LogP contribution in [0.5, 0.6) is 0 Å². The molecule has 0 bridgehead atoms. The molecule has 4 N–H and O–H groups in total. The zero-order valence-electron chi connectivity index (χ0n) is 60.9. The summed E-state index contributed by atoms with van der Waals surface area (Å²) in [5.41, 5.74) is 0. The molecule has 0 aromatic heterocycles. The molecule has 0 aromatic carbocycles. The van der Waals surface area contributed by atoms with Gasteiger partial charge < -0.3 is 60.5 Å². The van der Waals surface area contributed by atoms with Gasteiger partial charge in [0.15, 0.2) is 0 Å². The first-order valence-corrected chi connectivity index (χ1v) is 37.4. The minimum Gasteiger partial charge on any atom is -0.343 e. The molecule has 2 saturated heterocycles. The van der Waals surface area contributed by atoms with Crippen LogP contribution in [0.3, 0.4) is 0 Å². The lowest BCUT2D eigenvalue weighted by molar-refractivity contribution is -0.151. The van der Waals surface area contributed by atoms with Gasteiger partial charge in [0.2, 0.25) is 70.9 Å². The van der Waals surface area contributed by atoms with Gasteiger partial charge in [0, 0.05) is 66.3 Å². The molecule has 25 heteroatoms. The molecule has 3 saturated carbocycles. The molecule has 0 spiro atoms. The monoisotopic (exact) mass is 1460 g/mol. The van der Waals surface area contributed by atoms with Gasteiger partial charge in [-0.25, -0.2) is 0 Å². The topological polar surface area (TPSA) is 279 Å². The Morgan fingerprint density at radius 3 is 1.64 bits per heavy atom. The van der Waals surface area contributed by atoms with Crippen LogP contribution in [0.25, 0.3) is 0 Å². The van der Waals surface area contributed by atoms with Crippen molar-refractivity contribution < 1.29 is 57.5 Å². The fraction of sp³-hybridized carbons (Fsp3) is 0.831. The number of likely N-dealkylation sites (tertiary alicyclic amines) is 1. The van der Waals surface area contributed by atoms with Gasteiger partial charge in [-0.05, 0) is 113 Å². The van der Waals surface area contributed by atoms with Gasteiger partial charge >= 0.3 is 0 Å². The van der Waals surface area contributed by atoms with Crippen molar-refractivity contribution in [3.8, 4) is 0 Å². The van der Waals surface area contributed by atoms with Gasteiger partial charge in [-0.3, -0.25) is 57.5 Å². The predicted molar refractivity (Wildman–Crippen MR) is 377 cm³/mol. The summed E-state index contributed by atoms with van der Waals surface area (Å²) in [5, 5.41) is 11.8.